The molecular formula is C15H18N2O2. The van der Waals surface area contributed by atoms with Crippen LogP contribution in [0.2, 0.25) is 0 Å². The maximum atomic E-state index is 12.7. The van der Waals surface area contributed by atoms with E-state index in [1.54, 1.807) is 6.26 Å². The molecule has 0 saturated carbocycles. The molecule has 0 spiro atoms. The number of nitrogens with zero attached hydrogens (tertiary/aromatic N) is 1. The van der Waals surface area contributed by atoms with Gasteiger partial charge in [0.15, 0.2) is 0 Å². The minimum absolute atomic E-state index is 0.0418. The van der Waals surface area contributed by atoms with E-state index in [9.17, 15) is 4.79 Å². The van der Waals surface area contributed by atoms with Crippen LogP contribution in [0.15, 0.2) is 34.9 Å². The smallest absolute Gasteiger partial charge is 0.258 e. The molecule has 3 rings (SSSR count). The fourth-order valence-electron chi connectivity index (χ4n) is 2.81. The summed E-state index contributed by atoms with van der Waals surface area (Å²) < 4.78 is 5.45. The van der Waals surface area contributed by atoms with E-state index in [2.05, 4.69) is 0 Å². The first-order chi connectivity index (χ1) is 9.31. The average molecular weight is 258 g/mol. The number of rotatable bonds is 2. The lowest BCUT2D eigenvalue weighted by molar-refractivity contribution is 0.0624. The second kappa shape index (κ2) is 5.05. The number of amides is 1. The van der Waals surface area contributed by atoms with Crippen molar-refractivity contribution in [1.29, 1.82) is 0 Å². The van der Waals surface area contributed by atoms with Gasteiger partial charge in [0.25, 0.3) is 5.91 Å². The summed E-state index contributed by atoms with van der Waals surface area (Å²) >= 11 is 0. The summed E-state index contributed by atoms with van der Waals surface area (Å²) in [5.74, 6) is 0.0418. The molecule has 1 saturated heterocycles. The number of piperidine rings is 1. The second-order valence-corrected chi connectivity index (χ2v) is 5.03. The summed E-state index contributed by atoms with van der Waals surface area (Å²) in [5.41, 5.74) is 7.19. The summed E-state index contributed by atoms with van der Waals surface area (Å²) in [5, 5.41) is 0.883. The first-order valence-electron chi connectivity index (χ1n) is 6.78. The Morgan fingerprint density at radius 1 is 1.37 bits per heavy atom. The monoisotopic (exact) mass is 258 g/mol. The third kappa shape index (κ3) is 2.12. The normalized spacial score (nSPS) is 19.8. The fourth-order valence-corrected chi connectivity index (χ4v) is 2.81. The summed E-state index contributed by atoms with van der Waals surface area (Å²) in [4.78, 5) is 14.6. The van der Waals surface area contributed by atoms with Crippen LogP contribution in [-0.4, -0.2) is 29.9 Å². The zero-order chi connectivity index (χ0) is 13.2. The van der Waals surface area contributed by atoms with Crippen molar-refractivity contribution in [3.8, 4) is 0 Å². The zero-order valence-electron chi connectivity index (χ0n) is 10.8. The van der Waals surface area contributed by atoms with Gasteiger partial charge in [-0.25, -0.2) is 0 Å². The molecule has 1 aliphatic heterocycles. The Labute approximate surface area is 112 Å². The summed E-state index contributed by atoms with van der Waals surface area (Å²) in [6.07, 6.45) is 4.77. The van der Waals surface area contributed by atoms with Crippen molar-refractivity contribution in [2.45, 2.75) is 25.3 Å². The Bertz CT molecular complexity index is 591. The molecule has 1 fully saturated rings. The maximum Gasteiger partial charge on any atom is 0.258 e. The van der Waals surface area contributed by atoms with E-state index in [-0.39, 0.29) is 11.9 Å². The molecule has 1 atom stereocenters. The van der Waals surface area contributed by atoms with Gasteiger partial charge in [0.1, 0.15) is 11.8 Å². The lowest BCUT2D eigenvalue weighted by Gasteiger charge is -2.34. The lowest BCUT2D eigenvalue weighted by atomic mass is 10.0. The molecule has 2 heterocycles. The molecule has 100 valence electrons. The number of furan rings is 1. The van der Waals surface area contributed by atoms with Crippen LogP contribution < -0.4 is 5.73 Å². The molecule has 1 aliphatic rings. The van der Waals surface area contributed by atoms with E-state index in [4.69, 9.17) is 10.2 Å². The van der Waals surface area contributed by atoms with Crippen molar-refractivity contribution in [3.05, 3.63) is 36.1 Å². The van der Waals surface area contributed by atoms with Gasteiger partial charge < -0.3 is 15.1 Å². The number of hydrogen-bond donors (Lipinski definition) is 1. The predicted molar refractivity (Wildman–Crippen MR) is 73.9 cm³/mol. The van der Waals surface area contributed by atoms with Gasteiger partial charge in [-0.2, -0.15) is 0 Å². The van der Waals surface area contributed by atoms with Crippen molar-refractivity contribution < 1.29 is 9.21 Å². The van der Waals surface area contributed by atoms with E-state index >= 15 is 0 Å². The number of nitrogens with two attached hydrogens (primary N) is 1. The Morgan fingerprint density at radius 2 is 2.21 bits per heavy atom. The first-order valence-corrected chi connectivity index (χ1v) is 6.78. The molecule has 1 aromatic carbocycles. The van der Waals surface area contributed by atoms with Crippen LogP contribution in [0.1, 0.15) is 29.6 Å². The topological polar surface area (TPSA) is 59.5 Å². The van der Waals surface area contributed by atoms with E-state index in [1.165, 1.54) is 0 Å². The number of carbonyl (C=O) groups excluding carboxylic acids is 1. The van der Waals surface area contributed by atoms with Crippen molar-refractivity contribution >= 4 is 16.9 Å². The molecule has 0 radical (unpaired) electrons. The van der Waals surface area contributed by atoms with E-state index in [0.29, 0.717) is 12.1 Å². The Kier molecular flexibility index (Phi) is 3.25. The van der Waals surface area contributed by atoms with Gasteiger partial charge in [-0.15, -0.1) is 0 Å². The van der Waals surface area contributed by atoms with Crippen LogP contribution in [0.5, 0.6) is 0 Å². The Balaban J connectivity index is 1.94. The van der Waals surface area contributed by atoms with Crippen LogP contribution in [0, 0.1) is 0 Å². The molecule has 0 unspecified atom stereocenters. The third-order valence-electron chi connectivity index (χ3n) is 3.87. The highest BCUT2D eigenvalue weighted by Gasteiger charge is 2.28. The summed E-state index contributed by atoms with van der Waals surface area (Å²) in [6.45, 7) is 1.32. The van der Waals surface area contributed by atoms with Gasteiger partial charge in [0.05, 0.1) is 5.56 Å². The molecule has 19 heavy (non-hydrogen) atoms. The van der Waals surface area contributed by atoms with Gasteiger partial charge in [-0.05, 0) is 25.3 Å². The molecule has 4 heteroatoms. The number of likely N-dealkylation sites (tertiary alicyclic amines) is 1. The largest absolute Gasteiger partial charge is 0.463 e. The van der Waals surface area contributed by atoms with Crippen molar-refractivity contribution in [2.24, 2.45) is 5.73 Å². The highest BCUT2D eigenvalue weighted by atomic mass is 16.3. The number of benzene rings is 1. The molecule has 1 amide bonds. The van der Waals surface area contributed by atoms with Crippen LogP contribution in [0.25, 0.3) is 11.0 Å². The van der Waals surface area contributed by atoms with Gasteiger partial charge >= 0.3 is 0 Å². The number of para-hydroxylation sites is 1. The zero-order valence-corrected chi connectivity index (χ0v) is 10.8. The lowest BCUT2D eigenvalue weighted by Crippen LogP contribution is -2.47. The van der Waals surface area contributed by atoms with Crippen molar-refractivity contribution in [3.63, 3.8) is 0 Å². The minimum Gasteiger partial charge on any atom is -0.463 e. The maximum absolute atomic E-state index is 12.7. The number of carbonyl (C=O) groups is 1. The van der Waals surface area contributed by atoms with Crippen LogP contribution in [-0.2, 0) is 0 Å². The van der Waals surface area contributed by atoms with Crippen molar-refractivity contribution in [2.75, 3.05) is 13.1 Å². The second-order valence-electron chi connectivity index (χ2n) is 5.03. The molecular weight excluding hydrogens is 240 g/mol. The van der Waals surface area contributed by atoms with Crippen molar-refractivity contribution in [1.82, 2.24) is 4.90 Å². The van der Waals surface area contributed by atoms with Gasteiger partial charge in [-0.3, -0.25) is 4.79 Å². The van der Waals surface area contributed by atoms with Gasteiger partial charge in [0, 0.05) is 24.5 Å². The number of fused-ring (bicyclic) bond motifs is 1. The molecule has 4 nitrogen and oxygen atoms in total. The SMILES string of the molecule is NC[C@@H]1CCCCN1C(=O)c1coc2ccccc12. The van der Waals surface area contributed by atoms with Gasteiger partial charge in [0.2, 0.25) is 0 Å². The highest BCUT2D eigenvalue weighted by Crippen LogP contribution is 2.25. The molecule has 2 N–H and O–H groups in total. The Hall–Kier alpha value is -1.81. The third-order valence-corrected chi connectivity index (χ3v) is 3.87. The van der Waals surface area contributed by atoms with Crippen LogP contribution in [0.3, 0.4) is 0 Å². The van der Waals surface area contributed by atoms with Crippen LogP contribution >= 0.6 is 0 Å². The quantitative estimate of drug-likeness (QED) is 0.899. The molecule has 2 aromatic rings. The van der Waals surface area contributed by atoms with E-state index in [0.717, 1.165) is 36.8 Å². The molecule has 1 aromatic heterocycles. The summed E-state index contributed by atoms with van der Waals surface area (Å²) in [7, 11) is 0. The van der Waals surface area contributed by atoms with Crippen LogP contribution in [0.4, 0.5) is 0 Å². The Morgan fingerprint density at radius 3 is 3.05 bits per heavy atom. The number of hydrogen-bond acceptors (Lipinski definition) is 3. The minimum atomic E-state index is 0.0418. The summed E-state index contributed by atoms with van der Waals surface area (Å²) in [6, 6.07) is 7.79. The molecule has 0 bridgehead atoms. The van der Waals surface area contributed by atoms with Gasteiger partial charge in [-0.1, -0.05) is 18.2 Å². The average Bonchev–Trinajstić information content (AvgIpc) is 2.90. The standard InChI is InChI=1S/C15H18N2O2/c16-9-11-5-3-4-8-17(11)15(18)13-10-19-14-7-2-1-6-12(13)14/h1-2,6-7,10-11H,3-5,8-9,16H2/t11-/m0/s1. The van der Waals surface area contributed by atoms with E-state index < -0.39 is 0 Å². The predicted octanol–water partition coefficient (Wildman–Crippen LogP) is 2.39. The first kappa shape index (κ1) is 12.2. The highest BCUT2D eigenvalue weighted by molar-refractivity contribution is 6.06. The fraction of sp³-hybridized carbons (Fsp3) is 0.400. The molecule has 0 aliphatic carbocycles. The van der Waals surface area contributed by atoms with E-state index in [1.807, 2.05) is 29.2 Å².